The monoisotopic (exact) mass is 326 g/mol. The normalized spacial score (nSPS) is 11.8. The maximum atomic E-state index is 13.7. The molecule has 7 heteroatoms. The van der Waals surface area contributed by atoms with E-state index in [4.69, 9.17) is 5.73 Å². The lowest BCUT2D eigenvalue weighted by atomic mass is 10.3. The van der Waals surface area contributed by atoms with Gasteiger partial charge in [-0.05, 0) is 30.3 Å². The Morgan fingerprint density at radius 1 is 1.10 bits per heavy atom. The minimum atomic E-state index is -3.55. The minimum Gasteiger partial charge on any atom is -0.398 e. The molecule has 0 aliphatic carbocycles. The topological polar surface area (TPSA) is 63.4 Å². The number of anilines is 1. The summed E-state index contributed by atoms with van der Waals surface area (Å²) in [7, 11) is -0.640. The molecule has 0 fully saturated rings. The molecule has 2 aromatic rings. The van der Waals surface area contributed by atoms with Crippen LogP contribution >= 0.6 is 11.8 Å². The average Bonchev–Trinajstić information content (AvgIpc) is 2.43. The van der Waals surface area contributed by atoms with Crippen LogP contribution in [-0.4, -0.2) is 26.8 Å². The molecule has 0 spiro atoms. The molecule has 0 aliphatic heterocycles. The number of hydrogen-bond acceptors (Lipinski definition) is 4. The fraction of sp³-hybridized carbons (Fsp3) is 0.143. The van der Waals surface area contributed by atoms with Gasteiger partial charge in [0.05, 0.1) is 4.90 Å². The number of hydrogen-bond donors (Lipinski definition) is 1. The molecule has 0 aromatic heterocycles. The molecular formula is C14H15FN2O2S2. The van der Waals surface area contributed by atoms with E-state index in [1.54, 1.807) is 18.2 Å². The summed E-state index contributed by atoms with van der Waals surface area (Å²) < 4.78 is 39.0. The summed E-state index contributed by atoms with van der Waals surface area (Å²) in [6.45, 7) is 0. The van der Waals surface area contributed by atoms with E-state index in [0.29, 0.717) is 15.5 Å². The van der Waals surface area contributed by atoms with Crippen LogP contribution in [0.2, 0.25) is 0 Å². The Labute approximate surface area is 127 Å². The first kappa shape index (κ1) is 15.8. The Balaban J connectivity index is 2.44. The molecule has 2 N–H and O–H groups in total. The van der Waals surface area contributed by atoms with Crippen molar-refractivity contribution in [2.75, 3.05) is 19.8 Å². The van der Waals surface area contributed by atoms with Crippen molar-refractivity contribution < 1.29 is 12.8 Å². The third-order valence-electron chi connectivity index (χ3n) is 2.82. The van der Waals surface area contributed by atoms with Gasteiger partial charge in [-0.3, -0.25) is 0 Å². The van der Waals surface area contributed by atoms with Crippen molar-refractivity contribution >= 4 is 27.5 Å². The van der Waals surface area contributed by atoms with Crippen LogP contribution in [0.5, 0.6) is 0 Å². The Hall–Kier alpha value is -1.57. The first-order valence-electron chi connectivity index (χ1n) is 6.07. The SMILES string of the molecule is CN(C)S(=O)(=O)c1ccc(N)c(Sc2ccccc2F)c1. The van der Waals surface area contributed by atoms with Gasteiger partial charge in [0.1, 0.15) is 5.82 Å². The van der Waals surface area contributed by atoms with Gasteiger partial charge in [-0.2, -0.15) is 0 Å². The second-order valence-corrected chi connectivity index (χ2v) is 7.76. The Kier molecular flexibility index (Phi) is 4.55. The second-order valence-electron chi connectivity index (χ2n) is 4.52. The van der Waals surface area contributed by atoms with Crippen LogP contribution < -0.4 is 5.73 Å². The molecule has 21 heavy (non-hydrogen) atoms. The zero-order valence-electron chi connectivity index (χ0n) is 11.6. The van der Waals surface area contributed by atoms with Crippen LogP contribution in [0.15, 0.2) is 57.2 Å². The number of rotatable bonds is 4. The van der Waals surface area contributed by atoms with Crippen LogP contribution in [0, 0.1) is 5.82 Å². The van der Waals surface area contributed by atoms with Crippen molar-refractivity contribution in [2.24, 2.45) is 0 Å². The Morgan fingerprint density at radius 2 is 1.76 bits per heavy atom. The van der Waals surface area contributed by atoms with E-state index < -0.39 is 10.0 Å². The predicted octanol–water partition coefficient (Wildman–Crippen LogP) is 2.81. The van der Waals surface area contributed by atoms with Gasteiger partial charge in [-0.25, -0.2) is 17.1 Å². The van der Waals surface area contributed by atoms with Crippen LogP contribution in [0.1, 0.15) is 0 Å². The maximum Gasteiger partial charge on any atom is 0.242 e. The molecule has 2 rings (SSSR count). The van der Waals surface area contributed by atoms with Gasteiger partial charge in [0.2, 0.25) is 10.0 Å². The summed E-state index contributed by atoms with van der Waals surface area (Å²) in [5.74, 6) is -0.372. The third kappa shape index (κ3) is 3.37. The predicted molar refractivity (Wildman–Crippen MR) is 82.3 cm³/mol. The van der Waals surface area contributed by atoms with Gasteiger partial charge in [0, 0.05) is 29.6 Å². The van der Waals surface area contributed by atoms with E-state index in [-0.39, 0.29) is 10.7 Å². The fourth-order valence-electron chi connectivity index (χ4n) is 1.62. The number of nitrogens with zero attached hydrogens (tertiary/aromatic N) is 1. The van der Waals surface area contributed by atoms with E-state index in [2.05, 4.69) is 0 Å². The summed E-state index contributed by atoms with van der Waals surface area (Å²) >= 11 is 1.10. The van der Waals surface area contributed by atoms with Gasteiger partial charge in [-0.15, -0.1) is 0 Å². The maximum absolute atomic E-state index is 13.7. The lowest BCUT2D eigenvalue weighted by Crippen LogP contribution is -2.22. The van der Waals surface area contributed by atoms with Crippen LogP contribution in [-0.2, 0) is 10.0 Å². The molecule has 2 aromatic carbocycles. The molecule has 0 saturated heterocycles. The third-order valence-corrected chi connectivity index (χ3v) is 5.76. The van der Waals surface area contributed by atoms with Crippen LogP contribution in [0.4, 0.5) is 10.1 Å². The number of halogens is 1. The Morgan fingerprint density at radius 3 is 2.38 bits per heavy atom. The highest BCUT2D eigenvalue weighted by Crippen LogP contribution is 2.35. The number of sulfonamides is 1. The molecule has 0 heterocycles. The molecule has 0 amide bonds. The first-order valence-corrected chi connectivity index (χ1v) is 8.32. The highest BCUT2D eigenvalue weighted by Gasteiger charge is 2.19. The molecule has 112 valence electrons. The highest BCUT2D eigenvalue weighted by atomic mass is 32.2. The van der Waals surface area contributed by atoms with Crippen molar-refractivity contribution in [3.63, 3.8) is 0 Å². The lowest BCUT2D eigenvalue weighted by molar-refractivity contribution is 0.520. The molecule has 0 aliphatic rings. The van der Waals surface area contributed by atoms with Gasteiger partial charge in [0.15, 0.2) is 0 Å². The number of nitrogen functional groups attached to an aromatic ring is 1. The summed E-state index contributed by atoms with van der Waals surface area (Å²) in [6, 6.07) is 10.7. The first-order chi connectivity index (χ1) is 9.82. The summed E-state index contributed by atoms with van der Waals surface area (Å²) in [4.78, 5) is 1.02. The smallest absolute Gasteiger partial charge is 0.242 e. The van der Waals surface area contributed by atoms with Crippen molar-refractivity contribution in [3.8, 4) is 0 Å². The van der Waals surface area contributed by atoms with Crippen molar-refractivity contribution in [1.29, 1.82) is 0 Å². The standard InChI is InChI=1S/C14H15FN2O2S2/c1-17(2)21(18,19)10-7-8-12(16)14(9-10)20-13-6-4-3-5-11(13)15/h3-9H,16H2,1-2H3. The number of benzene rings is 2. The van der Waals surface area contributed by atoms with E-state index in [0.717, 1.165) is 16.1 Å². The lowest BCUT2D eigenvalue weighted by Gasteiger charge is -2.13. The molecule has 0 unspecified atom stereocenters. The molecule has 0 atom stereocenters. The largest absolute Gasteiger partial charge is 0.398 e. The van der Waals surface area contributed by atoms with E-state index in [1.807, 2.05) is 0 Å². The minimum absolute atomic E-state index is 0.125. The second kappa shape index (κ2) is 6.05. The van der Waals surface area contributed by atoms with Crippen molar-refractivity contribution in [1.82, 2.24) is 4.31 Å². The molecule has 0 bridgehead atoms. The van der Waals surface area contributed by atoms with Crippen molar-refractivity contribution in [2.45, 2.75) is 14.7 Å². The van der Waals surface area contributed by atoms with Gasteiger partial charge in [0.25, 0.3) is 0 Å². The highest BCUT2D eigenvalue weighted by molar-refractivity contribution is 7.99. The van der Waals surface area contributed by atoms with E-state index >= 15 is 0 Å². The van der Waals surface area contributed by atoms with Gasteiger partial charge < -0.3 is 5.73 Å². The van der Waals surface area contributed by atoms with Gasteiger partial charge >= 0.3 is 0 Å². The van der Waals surface area contributed by atoms with E-state index in [9.17, 15) is 12.8 Å². The van der Waals surface area contributed by atoms with E-state index in [1.165, 1.54) is 38.4 Å². The zero-order chi connectivity index (χ0) is 15.6. The average molecular weight is 326 g/mol. The Bertz CT molecular complexity index is 761. The number of nitrogens with two attached hydrogens (primary N) is 1. The zero-order valence-corrected chi connectivity index (χ0v) is 13.2. The van der Waals surface area contributed by atoms with Crippen LogP contribution in [0.25, 0.3) is 0 Å². The summed E-state index contributed by atoms with van der Waals surface area (Å²) in [6.07, 6.45) is 0. The summed E-state index contributed by atoms with van der Waals surface area (Å²) in [5.41, 5.74) is 6.26. The molecule has 0 saturated carbocycles. The summed E-state index contributed by atoms with van der Waals surface area (Å²) in [5, 5.41) is 0. The quantitative estimate of drug-likeness (QED) is 0.878. The van der Waals surface area contributed by atoms with Crippen molar-refractivity contribution in [3.05, 3.63) is 48.3 Å². The van der Waals surface area contributed by atoms with Crippen LogP contribution in [0.3, 0.4) is 0 Å². The molecule has 4 nitrogen and oxygen atoms in total. The molecule has 0 radical (unpaired) electrons. The fourth-order valence-corrected chi connectivity index (χ4v) is 3.54. The molecular weight excluding hydrogens is 311 g/mol. The van der Waals surface area contributed by atoms with Gasteiger partial charge in [-0.1, -0.05) is 23.9 Å².